The number of likely N-dealkylation sites (tertiary alicyclic amines) is 1. The van der Waals surface area contributed by atoms with E-state index in [1.54, 1.807) is 0 Å². The lowest BCUT2D eigenvalue weighted by Crippen LogP contribution is -2.33. The van der Waals surface area contributed by atoms with E-state index in [1.165, 1.54) is 30.6 Å². The van der Waals surface area contributed by atoms with Gasteiger partial charge < -0.3 is 5.11 Å². The van der Waals surface area contributed by atoms with E-state index in [1.807, 2.05) is 11.4 Å². The van der Waals surface area contributed by atoms with Crippen molar-refractivity contribution >= 4 is 17.3 Å². The first-order valence-electron chi connectivity index (χ1n) is 6.22. The summed E-state index contributed by atoms with van der Waals surface area (Å²) >= 11 is 1.33. The van der Waals surface area contributed by atoms with Crippen LogP contribution in [0.4, 0.5) is 0 Å². The molecule has 1 aliphatic heterocycles. The maximum absolute atomic E-state index is 11.0. The van der Waals surface area contributed by atoms with Gasteiger partial charge in [0.25, 0.3) is 0 Å². The Balaban J connectivity index is 1.93. The van der Waals surface area contributed by atoms with Crippen LogP contribution in [0.25, 0.3) is 0 Å². The SMILES string of the molecule is CCC1CCN(Cc2ccsc2C(=O)O)CC1. The molecule has 2 heterocycles. The minimum atomic E-state index is -0.793. The number of hydrogen-bond acceptors (Lipinski definition) is 3. The fraction of sp³-hybridized carbons (Fsp3) is 0.615. The lowest BCUT2D eigenvalue weighted by Gasteiger charge is -2.31. The second kappa shape index (κ2) is 5.65. The zero-order valence-electron chi connectivity index (χ0n) is 10.2. The number of nitrogens with zero attached hydrogens (tertiary/aromatic N) is 1. The van der Waals surface area contributed by atoms with Gasteiger partial charge in [0.2, 0.25) is 0 Å². The van der Waals surface area contributed by atoms with E-state index in [-0.39, 0.29) is 0 Å². The van der Waals surface area contributed by atoms with E-state index in [9.17, 15) is 4.79 Å². The van der Waals surface area contributed by atoms with E-state index in [0.29, 0.717) is 4.88 Å². The van der Waals surface area contributed by atoms with Gasteiger partial charge in [0, 0.05) is 6.54 Å². The summed E-state index contributed by atoms with van der Waals surface area (Å²) in [6.07, 6.45) is 3.78. The summed E-state index contributed by atoms with van der Waals surface area (Å²) in [6.45, 7) is 5.25. The Labute approximate surface area is 106 Å². The molecule has 1 aromatic heterocycles. The zero-order chi connectivity index (χ0) is 12.3. The number of rotatable bonds is 4. The van der Waals surface area contributed by atoms with Gasteiger partial charge in [0.05, 0.1) is 0 Å². The maximum Gasteiger partial charge on any atom is 0.346 e. The number of carboxylic acids is 1. The highest BCUT2D eigenvalue weighted by Gasteiger charge is 2.20. The summed E-state index contributed by atoms with van der Waals surface area (Å²) in [5.41, 5.74) is 0.970. The van der Waals surface area contributed by atoms with Crippen LogP contribution < -0.4 is 0 Å². The van der Waals surface area contributed by atoms with Gasteiger partial charge in [-0.15, -0.1) is 11.3 Å². The molecule has 3 nitrogen and oxygen atoms in total. The molecule has 1 N–H and O–H groups in total. The third kappa shape index (κ3) is 3.07. The molecule has 0 unspecified atom stereocenters. The molecule has 2 rings (SSSR count). The Hall–Kier alpha value is -0.870. The number of hydrogen-bond donors (Lipinski definition) is 1. The fourth-order valence-electron chi connectivity index (χ4n) is 2.44. The topological polar surface area (TPSA) is 40.5 Å². The largest absolute Gasteiger partial charge is 0.477 e. The van der Waals surface area contributed by atoms with Crippen molar-refractivity contribution < 1.29 is 9.90 Å². The maximum atomic E-state index is 11.0. The minimum absolute atomic E-state index is 0.502. The molecule has 1 saturated heterocycles. The van der Waals surface area contributed by atoms with Crippen LogP contribution in [0.2, 0.25) is 0 Å². The molecule has 94 valence electrons. The Morgan fingerprint density at radius 2 is 2.24 bits per heavy atom. The van der Waals surface area contributed by atoms with Crippen molar-refractivity contribution in [1.82, 2.24) is 4.90 Å². The summed E-state index contributed by atoms with van der Waals surface area (Å²) in [5, 5.41) is 10.9. The van der Waals surface area contributed by atoms with Crippen molar-refractivity contribution in [2.45, 2.75) is 32.7 Å². The van der Waals surface area contributed by atoms with E-state index in [4.69, 9.17) is 5.11 Å². The van der Waals surface area contributed by atoms with Gasteiger partial charge in [-0.3, -0.25) is 4.90 Å². The number of piperidine rings is 1. The lowest BCUT2D eigenvalue weighted by molar-refractivity contribution is 0.0699. The molecule has 0 amide bonds. The van der Waals surface area contributed by atoms with E-state index in [0.717, 1.165) is 31.1 Å². The molecule has 0 bridgehead atoms. The highest BCUT2D eigenvalue weighted by atomic mass is 32.1. The van der Waals surface area contributed by atoms with Gasteiger partial charge in [-0.2, -0.15) is 0 Å². The normalized spacial score (nSPS) is 18.4. The van der Waals surface area contributed by atoms with Crippen LogP contribution in [-0.2, 0) is 6.54 Å². The summed E-state index contributed by atoms with van der Waals surface area (Å²) in [7, 11) is 0. The Kier molecular flexibility index (Phi) is 4.18. The first-order valence-corrected chi connectivity index (χ1v) is 7.10. The highest BCUT2D eigenvalue weighted by molar-refractivity contribution is 7.12. The molecule has 0 atom stereocenters. The molecule has 1 fully saturated rings. The van der Waals surface area contributed by atoms with Gasteiger partial charge in [-0.1, -0.05) is 13.3 Å². The third-order valence-electron chi connectivity index (χ3n) is 3.62. The summed E-state index contributed by atoms with van der Waals surface area (Å²) in [6, 6.07) is 1.94. The van der Waals surface area contributed by atoms with Crippen LogP contribution in [0, 0.1) is 5.92 Å². The van der Waals surface area contributed by atoms with E-state index in [2.05, 4.69) is 11.8 Å². The first-order chi connectivity index (χ1) is 8.20. The smallest absolute Gasteiger partial charge is 0.346 e. The van der Waals surface area contributed by atoms with Crippen LogP contribution in [0.15, 0.2) is 11.4 Å². The molecule has 1 aromatic rings. The molecule has 1 aliphatic rings. The number of aromatic carboxylic acids is 1. The van der Waals surface area contributed by atoms with Gasteiger partial charge in [0.1, 0.15) is 4.88 Å². The lowest BCUT2D eigenvalue weighted by atomic mass is 9.94. The zero-order valence-corrected chi connectivity index (χ0v) is 11.0. The quantitative estimate of drug-likeness (QED) is 0.896. The Morgan fingerprint density at radius 1 is 1.53 bits per heavy atom. The third-order valence-corrected chi connectivity index (χ3v) is 4.56. The summed E-state index contributed by atoms with van der Waals surface area (Å²) in [4.78, 5) is 13.9. The monoisotopic (exact) mass is 253 g/mol. The average Bonchev–Trinajstić information content (AvgIpc) is 2.78. The minimum Gasteiger partial charge on any atom is -0.477 e. The second-order valence-electron chi connectivity index (χ2n) is 4.71. The molecule has 0 saturated carbocycles. The molecule has 17 heavy (non-hydrogen) atoms. The molecular formula is C13H19NO2S. The van der Waals surface area contributed by atoms with Crippen LogP contribution in [0.5, 0.6) is 0 Å². The molecule has 0 aliphatic carbocycles. The van der Waals surface area contributed by atoms with Crippen molar-refractivity contribution in [3.8, 4) is 0 Å². The average molecular weight is 253 g/mol. The van der Waals surface area contributed by atoms with Crippen LogP contribution in [0.3, 0.4) is 0 Å². The number of carbonyl (C=O) groups is 1. The van der Waals surface area contributed by atoms with Crippen molar-refractivity contribution in [3.05, 3.63) is 21.9 Å². The van der Waals surface area contributed by atoms with Crippen molar-refractivity contribution in [2.24, 2.45) is 5.92 Å². The predicted octanol–water partition coefficient (Wildman–Crippen LogP) is 3.07. The van der Waals surface area contributed by atoms with Crippen molar-refractivity contribution in [1.29, 1.82) is 0 Å². The molecular weight excluding hydrogens is 234 g/mol. The first kappa shape index (κ1) is 12.6. The molecule has 4 heteroatoms. The standard InChI is InChI=1S/C13H19NO2S/c1-2-10-3-6-14(7-4-10)9-11-5-8-17-12(11)13(15)16/h5,8,10H,2-4,6-7,9H2,1H3,(H,15,16). The van der Waals surface area contributed by atoms with Crippen LogP contribution in [-0.4, -0.2) is 29.1 Å². The van der Waals surface area contributed by atoms with Gasteiger partial charge in [-0.05, 0) is 48.9 Å². The van der Waals surface area contributed by atoms with Gasteiger partial charge >= 0.3 is 5.97 Å². The van der Waals surface area contributed by atoms with Crippen molar-refractivity contribution in [3.63, 3.8) is 0 Å². The highest BCUT2D eigenvalue weighted by Crippen LogP contribution is 2.24. The Morgan fingerprint density at radius 3 is 2.82 bits per heavy atom. The number of carboxylic acid groups (broad SMARTS) is 1. The number of thiophene rings is 1. The van der Waals surface area contributed by atoms with Crippen molar-refractivity contribution in [2.75, 3.05) is 13.1 Å². The predicted molar refractivity (Wildman–Crippen MR) is 69.6 cm³/mol. The second-order valence-corrected chi connectivity index (χ2v) is 5.62. The summed E-state index contributed by atoms with van der Waals surface area (Å²) < 4.78 is 0. The van der Waals surface area contributed by atoms with Gasteiger partial charge in [0.15, 0.2) is 0 Å². The molecule has 0 aromatic carbocycles. The molecule has 0 radical (unpaired) electrons. The Bertz CT molecular complexity index is 381. The van der Waals surface area contributed by atoms with Crippen LogP contribution >= 0.6 is 11.3 Å². The van der Waals surface area contributed by atoms with Crippen LogP contribution in [0.1, 0.15) is 41.4 Å². The fourth-order valence-corrected chi connectivity index (χ4v) is 3.19. The van der Waals surface area contributed by atoms with Gasteiger partial charge in [-0.25, -0.2) is 4.79 Å². The molecule has 0 spiro atoms. The van der Waals surface area contributed by atoms with E-state index < -0.39 is 5.97 Å². The summed E-state index contributed by atoms with van der Waals surface area (Å²) in [5.74, 6) is 0.0751. The van der Waals surface area contributed by atoms with E-state index >= 15 is 0 Å².